The van der Waals surface area contributed by atoms with Crippen LogP contribution in [0.25, 0.3) is 0 Å². The molecule has 1 aromatic heterocycles. The van der Waals surface area contributed by atoms with E-state index in [0.29, 0.717) is 5.75 Å². The second-order valence-corrected chi connectivity index (χ2v) is 4.42. The number of nitrogens with zero attached hydrogens (tertiary/aromatic N) is 1. The Balaban J connectivity index is 2.31. The highest BCUT2D eigenvalue weighted by molar-refractivity contribution is 7.07. The predicted molar refractivity (Wildman–Crippen MR) is 65.9 cm³/mol. The summed E-state index contributed by atoms with van der Waals surface area (Å²) in [5.41, 5.74) is 0.135. The first-order valence-electron chi connectivity index (χ1n) is 5.12. The first-order chi connectivity index (χ1) is 8.61. The highest BCUT2D eigenvalue weighted by atomic mass is 32.1. The first kappa shape index (κ1) is 12.5. The molecule has 1 heterocycles. The molecule has 0 aliphatic rings. The molecule has 0 bridgehead atoms. The average Bonchev–Trinajstić information content (AvgIpc) is 2.75. The van der Waals surface area contributed by atoms with Gasteiger partial charge in [0, 0.05) is 11.6 Å². The van der Waals surface area contributed by atoms with Crippen molar-refractivity contribution in [2.45, 2.75) is 6.54 Å². The van der Waals surface area contributed by atoms with E-state index in [1.165, 1.54) is 30.0 Å². The number of benzene rings is 1. The molecule has 1 aromatic carbocycles. The second-order valence-electron chi connectivity index (χ2n) is 3.56. The molecule has 0 saturated heterocycles. The lowest BCUT2D eigenvalue weighted by Gasteiger charge is -2.07. The van der Waals surface area contributed by atoms with Gasteiger partial charge in [0.2, 0.25) is 0 Å². The third-order valence-electron chi connectivity index (χ3n) is 2.42. The molecule has 0 radical (unpaired) electrons. The van der Waals surface area contributed by atoms with Crippen molar-refractivity contribution < 1.29 is 13.9 Å². The average molecular weight is 267 g/mol. The number of rotatable bonds is 4. The Kier molecular flexibility index (Phi) is 3.57. The van der Waals surface area contributed by atoms with Gasteiger partial charge in [-0.1, -0.05) is 11.3 Å². The standard InChI is InChI=1S/C12H10FNO3S/c1-17-11-3-2-8(13)6-9(11)10(15)7-14-4-5-18-12(14)16/h2-6H,7H2,1H3. The van der Waals surface area contributed by atoms with Crippen molar-refractivity contribution in [1.82, 2.24) is 4.57 Å². The minimum Gasteiger partial charge on any atom is -0.496 e. The van der Waals surface area contributed by atoms with E-state index in [0.717, 1.165) is 17.4 Å². The SMILES string of the molecule is COc1ccc(F)cc1C(=O)Cn1ccsc1=O. The molecular formula is C12H10FNO3S. The topological polar surface area (TPSA) is 48.3 Å². The minimum atomic E-state index is -0.517. The number of Topliss-reactive ketones (excluding diaryl/α,β-unsaturated/α-hetero) is 1. The zero-order valence-corrected chi connectivity index (χ0v) is 10.4. The quantitative estimate of drug-likeness (QED) is 0.795. The van der Waals surface area contributed by atoms with E-state index in [2.05, 4.69) is 0 Å². The fraction of sp³-hybridized carbons (Fsp3) is 0.167. The van der Waals surface area contributed by atoms with Crippen molar-refractivity contribution in [1.29, 1.82) is 0 Å². The van der Waals surface area contributed by atoms with Crippen LogP contribution in [0.4, 0.5) is 4.39 Å². The van der Waals surface area contributed by atoms with Gasteiger partial charge in [0.1, 0.15) is 11.6 Å². The van der Waals surface area contributed by atoms with E-state index in [9.17, 15) is 14.0 Å². The van der Waals surface area contributed by atoms with Crippen LogP contribution in [-0.2, 0) is 6.54 Å². The van der Waals surface area contributed by atoms with Crippen LogP contribution >= 0.6 is 11.3 Å². The number of ketones is 1. The molecule has 2 aromatic rings. The van der Waals surface area contributed by atoms with Gasteiger partial charge in [0.15, 0.2) is 5.78 Å². The molecule has 0 aliphatic carbocycles. The number of hydrogen-bond acceptors (Lipinski definition) is 4. The van der Waals surface area contributed by atoms with E-state index in [1.54, 1.807) is 5.38 Å². The Labute approximate surface area is 106 Å². The maximum Gasteiger partial charge on any atom is 0.307 e. The van der Waals surface area contributed by atoms with E-state index in [4.69, 9.17) is 4.74 Å². The van der Waals surface area contributed by atoms with Crippen LogP contribution in [0.3, 0.4) is 0 Å². The maximum atomic E-state index is 13.1. The van der Waals surface area contributed by atoms with E-state index < -0.39 is 5.82 Å². The molecule has 0 saturated carbocycles. The summed E-state index contributed by atoms with van der Waals surface area (Å²) >= 11 is 1.00. The van der Waals surface area contributed by atoms with Crippen LogP contribution in [0.2, 0.25) is 0 Å². The first-order valence-corrected chi connectivity index (χ1v) is 6.00. The summed E-state index contributed by atoms with van der Waals surface area (Å²) in [7, 11) is 1.40. The van der Waals surface area contributed by atoms with Gasteiger partial charge in [0.25, 0.3) is 0 Å². The van der Waals surface area contributed by atoms with Crippen molar-refractivity contribution >= 4 is 17.1 Å². The normalized spacial score (nSPS) is 10.3. The number of ether oxygens (including phenoxy) is 1. The Morgan fingerprint density at radius 3 is 2.89 bits per heavy atom. The molecule has 2 rings (SSSR count). The summed E-state index contributed by atoms with van der Waals surface area (Å²) in [6.07, 6.45) is 1.52. The largest absolute Gasteiger partial charge is 0.496 e. The molecule has 4 nitrogen and oxygen atoms in total. The van der Waals surface area contributed by atoms with Crippen LogP contribution in [0.5, 0.6) is 5.75 Å². The van der Waals surface area contributed by atoms with Gasteiger partial charge in [-0.25, -0.2) is 4.39 Å². The van der Waals surface area contributed by atoms with Gasteiger partial charge in [0.05, 0.1) is 19.2 Å². The van der Waals surface area contributed by atoms with Crippen molar-refractivity contribution in [3.05, 3.63) is 50.8 Å². The monoisotopic (exact) mass is 267 g/mol. The van der Waals surface area contributed by atoms with E-state index >= 15 is 0 Å². The van der Waals surface area contributed by atoms with Crippen molar-refractivity contribution in [2.24, 2.45) is 0 Å². The number of carbonyl (C=O) groups is 1. The summed E-state index contributed by atoms with van der Waals surface area (Å²) in [5.74, 6) is -0.589. The van der Waals surface area contributed by atoms with Crippen LogP contribution in [-0.4, -0.2) is 17.5 Å². The van der Waals surface area contributed by atoms with Crippen LogP contribution in [0.15, 0.2) is 34.6 Å². The number of thiazole rings is 1. The molecule has 0 atom stereocenters. The molecular weight excluding hydrogens is 257 g/mol. The lowest BCUT2D eigenvalue weighted by Crippen LogP contribution is -2.19. The molecule has 0 amide bonds. The Bertz CT molecular complexity index is 632. The molecule has 6 heteroatoms. The summed E-state index contributed by atoms with van der Waals surface area (Å²) in [6.45, 7) is -0.123. The summed E-state index contributed by atoms with van der Waals surface area (Å²) in [5, 5.41) is 1.60. The predicted octanol–water partition coefficient (Wildman–Crippen LogP) is 1.94. The number of carbonyl (C=O) groups excluding carboxylic acids is 1. The number of aromatic nitrogens is 1. The number of methoxy groups -OCH3 is 1. The zero-order valence-electron chi connectivity index (χ0n) is 9.55. The fourth-order valence-electron chi connectivity index (χ4n) is 1.55. The third kappa shape index (κ3) is 2.48. The van der Waals surface area contributed by atoms with Gasteiger partial charge in [-0.15, -0.1) is 0 Å². The summed E-state index contributed by atoms with van der Waals surface area (Å²) in [6, 6.07) is 3.71. The van der Waals surface area contributed by atoms with Gasteiger partial charge in [-0.05, 0) is 18.2 Å². The zero-order chi connectivity index (χ0) is 13.1. The molecule has 0 fully saturated rings. The molecule has 0 spiro atoms. The summed E-state index contributed by atoms with van der Waals surface area (Å²) in [4.78, 5) is 23.1. The number of hydrogen-bond donors (Lipinski definition) is 0. The van der Waals surface area contributed by atoms with E-state index in [1.807, 2.05) is 0 Å². The smallest absolute Gasteiger partial charge is 0.307 e. The molecule has 0 N–H and O–H groups in total. The van der Waals surface area contributed by atoms with Crippen LogP contribution < -0.4 is 9.61 Å². The molecule has 0 aliphatic heterocycles. The van der Waals surface area contributed by atoms with Crippen molar-refractivity contribution in [2.75, 3.05) is 7.11 Å². The maximum absolute atomic E-state index is 13.1. The van der Waals surface area contributed by atoms with Crippen LogP contribution in [0, 0.1) is 5.82 Å². The van der Waals surface area contributed by atoms with Crippen molar-refractivity contribution in [3.63, 3.8) is 0 Å². The number of halogens is 1. The molecule has 0 unspecified atom stereocenters. The van der Waals surface area contributed by atoms with Gasteiger partial charge < -0.3 is 4.74 Å². The summed E-state index contributed by atoms with van der Waals surface area (Å²) < 4.78 is 19.4. The second kappa shape index (κ2) is 5.14. The highest BCUT2D eigenvalue weighted by Crippen LogP contribution is 2.20. The Morgan fingerprint density at radius 2 is 2.28 bits per heavy atom. The van der Waals surface area contributed by atoms with Gasteiger partial charge in [-0.2, -0.15) is 0 Å². The Hall–Kier alpha value is -1.95. The molecule has 18 heavy (non-hydrogen) atoms. The Morgan fingerprint density at radius 1 is 1.50 bits per heavy atom. The van der Waals surface area contributed by atoms with E-state index in [-0.39, 0.29) is 22.8 Å². The van der Waals surface area contributed by atoms with Gasteiger partial charge >= 0.3 is 4.87 Å². The molecule has 94 valence electrons. The lowest BCUT2D eigenvalue weighted by molar-refractivity contribution is 0.0968. The van der Waals surface area contributed by atoms with Crippen LogP contribution in [0.1, 0.15) is 10.4 Å². The third-order valence-corrected chi connectivity index (χ3v) is 3.11. The highest BCUT2D eigenvalue weighted by Gasteiger charge is 2.14. The van der Waals surface area contributed by atoms with Gasteiger partial charge in [-0.3, -0.25) is 14.2 Å². The fourth-order valence-corrected chi connectivity index (χ4v) is 2.13. The minimum absolute atomic E-state index is 0.123. The lowest BCUT2D eigenvalue weighted by atomic mass is 10.1. The van der Waals surface area contributed by atoms with Crippen molar-refractivity contribution in [3.8, 4) is 5.75 Å².